The van der Waals surface area contributed by atoms with Crippen LogP contribution in [0.15, 0.2) is 12.3 Å². The number of hydrogen-bond donors (Lipinski definition) is 2. The van der Waals surface area contributed by atoms with E-state index in [1.807, 2.05) is 6.92 Å². The highest BCUT2D eigenvalue weighted by Gasteiger charge is 2.18. The Morgan fingerprint density at radius 1 is 1.60 bits per heavy atom. The standard InChI is InChI=1S/C12H17N5O3/c1-8-3-5-13-12-15-10(16-17(8)12)11(19)14-9(4-6-18)7-20-2/h3,5,9,18H,4,6-7H2,1-2H3,(H,14,19). The largest absolute Gasteiger partial charge is 0.396 e. The zero-order valence-electron chi connectivity index (χ0n) is 11.4. The molecule has 8 heteroatoms. The molecule has 0 aliphatic heterocycles. The molecule has 0 radical (unpaired) electrons. The Balaban J connectivity index is 2.16. The molecule has 1 amide bonds. The van der Waals surface area contributed by atoms with Crippen molar-refractivity contribution in [2.24, 2.45) is 0 Å². The maximum Gasteiger partial charge on any atom is 0.291 e. The number of ether oxygens (including phenoxy) is 1. The summed E-state index contributed by atoms with van der Waals surface area (Å²) >= 11 is 0. The van der Waals surface area contributed by atoms with Crippen molar-refractivity contribution in [2.45, 2.75) is 19.4 Å². The summed E-state index contributed by atoms with van der Waals surface area (Å²) in [5, 5.41) is 15.8. The number of aromatic nitrogens is 4. The lowest BCUT2D eigenvalue weighted by Crippen LogP contribution is -2.39. The first kappa shape index (κ1) is 14.4. The third kappa shape index (κ3) is 3.09. The summed E-state index contributed by atoms with van der Waals surface area (Å²) in [7, 11) is 1.53. The molecular weight excluding hydrogens is 262 g/mol. The van der Waals surface area contributed by atoms with E-state index in [0.717, 1.165) is 5.69 Å². The number of methoxy groups -OCH3 is 1. The first-order valence-electron chi connectivity index (χ1n) is 6.24. The fraction of sp³-hybridized carbons (Fsp3) is 0.500. The second kappa shape index (κ2) is 6.40. The molecule has 0 aliphatic carbocycles. The number of nitrogens with zero attached hydrogens (tertiary/aromatic N) is 4. The van der Waals surface area contributed by atoms with Crippen LogP contribution in [0.5, 0.6) is 0 Å². The third-order valence-electron chi connectivity index (χ3n) is 2.81. The molecule has 2 N–H and O–H groups in total. The van der Waals surface area contributed by atoms with E-state index in [2.05, 4.69) is 20.4 Å². The van der Waals surface area contributed by atoms with Crippen molar-refractivity contribution in [3.05, 3.63) is 23.8 Å². The summed E-state index contributed by atoms with van der Waals surface area (Å²) < 4.78 is 6.49. The van der Waals surface area contributed by atoms with E-state index >= 15 is 0 Å². The lowest BCUT2D eigenvalue weighted by atomic mass is 10.2. The number of nitrogens with one attached hydrogen (secondary N) is 1. The van der Waals surface area contributed by atoms with Crippen molar-refractivity contribution in [1.29, 1.82) is 0 Å². The van der Waals surface area contributed by atoms with E-state index in [0.29, 0.717) is 18.8 Å². The topological polar surface area (TPSA) is 102 Å². The van der Waals surface area contributed by atoms with E-state index < -0.39 is 5.91 Å². The molecule has 20 heavy (non-hydrogen) atoms. The molecule has 2 aromatic heterocycles. The van der Waals surface area contributed by atoms with E-state index in [9.17, 15) is 4.79 Å². The Bertz CT molecular complexity index is 592. The average molecular weight is 279 g/mol. The number of rotatable bonds is 6. The van der Waals surface area contributed by atoms with Crippen molar-refractivity contribution in [3.8, 4) is 0 Å². The molecule has 2 rings (SSSR count). The van der Waals surface area contributed by atoms with Crippen LogP contribution in [0.25, 0.3) is 5.78 Å². The predicted molar refractivity (Wildman–Crippen MR) is 70.4 cm³/mol. The molecular formula is C12H17N5O3. The molecule has 1 atom stereocenters. The maximum absolute atomic E-state index is 12.1. The normalized spacial score (nSPS) is 12.6. The monoisotopic (exact) mass is 279 g/mol. The smallest absolute Gasteiger partial charge is 0.291 e. The quantitative estimate of drug-likeness (QED) is 0.743. The van der Waals surface area contributed by atoms with Crippen molar-refractivity contribution in [3.63, 3.8) is 0 Å². The average Bonchev–Trinajstić information content (AvgIpc) is 2.85. The van der Waals surface area contributed by atoms with Gasteiger partial charge in [0.25, 0.3) is 11.7 Å². The Hall–Kier alpha value is -2.06. The van der Waals surface area contributed by atoms with Crippen molar-refractivity contribution >= 4 is 11.7 Å². The van der Waals surface area contributed by atoms with Crippen LogP contribution in [0.2, 0.25) is 0 Å². The van der Waals surface area contributed by atoms with E-state index in [1.165, 1.54) is 11.6 Å². The highest BCUT2D eigenvalue weighted by molar-refractivity contribution is 5.91. The second-order valence-electron chi connectivity index (χ2n) is 4.37. The zero-order valence-corrected chi connectivity index (χ0v) is 11.4. The summed E-state index contributed by atoms with van der Waals surface area (Å²) in [5.74, 6) is 0.0110. The number of aliphatic hydroxyl groups is 1. The summed E-state index contributed by atoms with van der Waals surface area (Å²) in [6.07, 6.45) is 2.02. The van der Waals surface area contributed by atoms with Gasteiger partial charge in [-0.1, -0.05) is 0 Å². The van der Waals surface area contributed by atoms with Gasteiger partial charge in [-0.25, -0.2) is 9.50 Å². The van der Waals surface area contributed by atoms with Crippen molar-refractivity contribution in [1.82, 2.24) is 24.9 Å². The van der Waals surface area contributed by atoms with Gasteiger partial charge in [0.2, 0.25) is 5.82 Å². The number of hydrogen-bond acceptors (Lipinski definition) is 6. The number of amides is 1. The Morgan fingerprint density at radius 2 is 2.40 bits per heavy atom. The SMILES string of the molecule is COCC(CCO)NC(=O)c1nc2nccc(C)n2n1. The molecule has 0 saturated carbocycles. The van der Waals surface area contributed by atoms with Gasteiger partial charge in [0, 0.05) is 25.6 Å². The van der Waals surface area contributed by atoms with Gasteiger partial charge in [0.05, 0.1) is 12.6 Å². The molecule has 0 aromatic carbocycles. The minimum absolute atomic E-state index is 0.0342. The molecule has 0 spiro atoms. The molecule has 0 fully saturated rings. The molecule has 8 nitrogen and oxygen atoms in total. The van der Waals surface area contributed by atoms with Gasteiger partial charge in [0.1, 0.15) is 0 Å². The van der Waals surface area contributed by atoms with Gasteiger partial charge in [0.15, 0.2) is 0 Å². The fourth-order valence-electron chi connectivity index (χ4n) is 1.81. The van der Waals surface area contributed by atoms with Crippen molar-refractivity contribution in [2.75, 3.05) is 20.3 Å². The van der Waals surface area contributed by atoms with Crippen LogP contribution < -0.4 is 5.32 Å². The molecule has 0 aliphatic rings. The van der Waals surface area contributed by atoms with E-state index in [4.69, 9.17) is 9.84 Å². The van der Waals surface area contributed by atoms with Crippen LogP contribution in [0, 0.1) is 6.92 Å². The number of aryl methyl sites for hydroxylation is 1. The molecule has 1 unspecified atom stereocenters. The van der Waals surface area contributed by atoms with Crippen LogP contribution in [0.4, 0.5) is 0 Å². The van der Waals surface area contributed by atoms with Crippen LogP contribution in [0.3, 0.4) is 0 Å². The summed E-state index contributed by atoms with van der Waals surface area (Å²) in [4.78, 5) is 20.2. The fourth-order valence-corrected chi connectivity index (χ4v) is 1.81. The van der Waals surface area contributed by atoms with Gasteiger partial charge < -0.3 is 15.2 Å². The summed E-state index contributed by atoms with van der Waals surface area (Å²) in [6, 6.07) is 1.50. The Labute approximate surface area is 115 Å². The van der Waals surface area contributed by atoms with Crippen LogP contribution in [0.1, 0.15) is 22.7 Å². The van der Waals surface area contributed by atoms with Gasteiger partial charge in [-0.2, -0.15) is 4.98 Å². The van der Waals surface area contributed by atoms with Gasteiger partial charge in [-0.3, -0.25) is 4.79 Å². The molecule has 2 heterocycles. The second-order valence-corrected chi connectivity index (χ2v) is 4.37. The van der Waals surface area contributed by atoms with Gasteiger partial charge in [-0.05, 0) is 19.4 Å². The van der Waals surface area contributed by atoms with Crippen molar-refractivity contribution < 1.29 is 14.6 Å². The lowest BCUT2D eigenvalue weighted by Gasteiger charge is -2.15. The highest BCUT2D eigenvalue weighted by atomic mass is 16.5. The van der Waals surface area contributed by atoms with E-state index in [1.54, 1.807) is 12.3 Å². The summed E-state index contributed by atoms with van der Waals surface area (Å²) in [6.45, 7) is 2.13. The number of aliphatic hydroxyl groups excluding tert-OH is 1. The lowest BCUT2D eigenvalue weighted by molar-refractivity contribution is 0.0868. The summed E-state index contributed by atoms with van der Waals surface area (Å²) in [5.41, 5.74) is 0.838. The Kier molecular flexibility index (Phi) is 4.59. The number of fused-ring (bicyclic) bond motifs is 1. The van der Waals surface area contributed by atoms with E-state index in [-0.39, 0.29) is 18.5 Å². The Morgan fingerprint density at radius 3 is 3.05 bits per heavy atom. The van der Waals surface area contributed by atoms with Crippen LogP contribution in [-0.2, 0) is 4.74 Å². The minimum atomic E-state index is -0.412. The highest BCUT2D eigenvalue weighted by Crippen LogP contribution is 2.02. The minimum Gasteiger partial charge on any atom is -0.396 e. The zero-order chi connectivity index (χ0) is 14.5. The molecule has 108 valence electrons. The van der Waals surface area contributed by atoms with Gasteiger partial charge >= 0.3 is 0 Å². The van der Waals surface area contributed by atoms with Gasteiger partial charge in [-0.15, -0.1) is 5.10 Å². The van der Waals surface area contributed by atoms with Crippen LogP contribution >= 0.6 is 0 Å². The number of carbonyl (C=O) groups is 1. The van der Waals surface area contributed by atoms with Crippen LogP contribution in [-0.4, -0.2) is 57.0 Å². The predicted octanol–water partition coefficient (Wildman–Crippen LogP) is -0.440. The molecule has 0 saturated heterocycles. The molecule has 0 bridgehead atoms. The maximum atomic E-state index is 12.1. The molecule has 2 aromatic rings. The first-order chi connectivity index (χ1) is 9.65. The first-order valence-corrected chi connectivity index (χ1v) is 6.24. The number of carbonyl (C=O) groups excluding carboxylic acids is 1. The third-order valence-corrected chi connectivity index (χ3v) is 2.81.